The molecular weight excluding hydrogens is 254 g/mol. The molecule has 0 aromatic carbocycles. The number of likely N-dealkylation sites (tertiary alicyclic amines) is 1. The number of aliphatic hydroxyl groups excluding tert-OH is 1. The zero-order valence-corrected chi connectivity index (χ0v) is 13.3. The Balaban J connectivity index is 2.11. The van der Waals surface area contributed by atoms with Crippen LogP contribution in [0.1, 0.15) is 65.2 Å². The summed E-state index contributed by atoms with van der Waals surface area (Å²) in [4.78, 5) is 6.88. The molecule has 2 unspecified atom stereocenters. The smallest absolute Gasteiger partial charge is 0.243 e. The summed E-state index contributed by atoms with van der Waals surface area (Å²) in [6.07, 6.45) is 2.17. The number of hydrogen-bond acceptors (Lipinski definition) is 5. The van der Waals surface area contributed by atoms with Gasteiger partial charge in [0, 0.05) is 24.0 Å². The van der Waals surface area contributed by atoms with Crippen LogP contribution in [0.25, 0.3) is 0 Å². The first-order valence-electron chi connectivity index (χ1n) is 7.44. The third kappa shape index (κ3) is 3.20. The van der Waals surface area contributed by atoms with Crippen LogP contribution in [-0.2, 0) is 5.41 Å². The third-order valence-corrected chi connectivity index (χ3v) is 4.21. The lowest BCUT2D eigenvalue weighted by atomic mass is 9.82. The second-order valence-corrected chi connectivity index (χ2v) is 7.42. The van der Waals surface area contributed by atoms with Crippen molar-refractivity contribution in [2.75, 3.05) is 19.7 Å². The molecule has 1 N–H and O–H groups in total. The Morgan fingerprint density at radius 1 is 1.45 bits per heavy atom. The van der Waals surface area contributed by atoms with E-state index in [1.54, 1.807) is 0 Å². The largest absolute Gasteiger partial charge is 0.396 e. The molecule has 1 aliphatic heterocycles. The molecule has 2 rings (SSSR count). The van der Waals surface area contributed by atoms with Gasteiger partial charge in [-0.15, -0.1) is 0 Å². The maximum absolute atomic E-state index is 9.55. The highest BCUT2D eigenvalue weighted by Gasteiger charge is 2.34. The van der Waals surface area contributed by atoms with E-state index in [1.807, 2.05) is 0 Å². The van der Waals surface area contributed by atoms with Crippen molar-refractivity contribution in [3.05, 3.63) is 11.7 Å². The highest BCUT2D eigenvalue weighted by atomic mass is 16.5. The monoisotopic (exact) mass is 281 g/mol. The van der Waals surface area contributed by atoms with Crippen molar-refractivity contribution in [2.24, 2.45) is 5.41 Å². The molecule has 0 aliphatic carbocycles. The quantitative estimate of drug-likeness (QED) is 0.922. The van der Waals surface area contributed by atoms with Gasteiger partial charge in [-0.2, -0.15) is 4.98 Å². The number of piperidine rings is 1. The summed E-state index contributed by atoms with van der Waals surface area (Å²) in [6.45, 7) is 12.6. The van der Waals surface area contributed by atoms with Crippen molar-refractivity contribution in [3.63, 3.8) is 0 Å². The van der Waals surface area contributed by atoms with Gasteiger partial charge in [-0.1, -0.05) is 32.9 Å². The van der Waals surface area contributed by atoms with E-state index in [4.69, 9.17) is 4.52 Å². The summed E-state index contributed by atoms with van der Waals surface area (Å²) in [5.41, 5.74) is -0.109. The van der Waals surface area contributed by atoms with Gasteiger partial charge in [-0.3, -0.25) is 4.90 Å². The van der Waals surface area contributed by atoms with Crippen molar-refractivity contribution < 1.29 is 9.63 Å². The molecule has 2 atom stereocenters. The van der Waals surface area contributed by atoms with E-state index >= 15 is 0 Å². The minimum Gasteiger partial charge on any atom is -0.396 e. The fourth-order valence-electron chi connectivity index (χ4n) is 2.68. The molecule has 2 heterocycles. The number of aromatic nitrogens is 2. The average molecular weight is 281 g/mol. The van der Waals surface area contributed by atoms with Gasteiger partial charge in [0.2, 0.25) is 5.89 Å². The number of nitrogens with zero attached hydrogens (tertiary/aromatic N) is 3. The Labute approximate surface area is 121 Å². The predicted octanol–water partition coefficient (Wildman–Crippen LogP) is 2.52. The second kappa shape index (κ2) is 5.45. The van der Waals surface area contributed by atoms with Crippen LogP contribution in [-0.4, -0.2) is 39.8 Å². The van der Waals surface area contributed by atoms with Gasteiger partial charge < -0.3 is 9.63 Å². The minimum atomic E-state index is -0.0943. The van der Waals surface area contributed by atoms with Gasteiger partial charge >= 0.3 is 0 Å². The van der Waals surface area contributed by atoms with E-state index in [1.165, 1.54) is 0 Å². The van der Waals surface area contributed by atoms with Crippen molar-refractivity contribution in [1.82, 2.24) is 15.0 Å². The molecule has 0 radical (unpaired) electrons. The Bertz CT molecular complexity index is 452. The molecule has 5 heteroatoms. The number of hydrogen-bond donors (Lipinski definition) is 1. The molecule has 0 bridgehead atoms. The van der Waals surface area contributed by atoms with E-state index in [9.17, 15) is 5.11 Å². The van der Waals surface area contributed by atoms with Gasteiger partial charge in [0.25, 0.3) is 0 Å². The summed E-state index contributed by atoms with van der Waals surface area (Å²) < 4.78 is 5.44. The molecule has 0 amide bonds. The first-order chi connectivity index (χ1) is 9.25. The highest BCUT2D eigenvalue weighted by molar-refractivity contribution is 5.02. The van der Waals surface area contributed by atoms with E-state index in [-0.39, 0.29) is 23.5 Å². The Kier molecular flexibility index (Phi) is 4.21. The first kappa shape index (κ1) is 15.4. The Morgan fingerprint density at radius 3 is 2.70 bits per heavy atom. The van der Waals surface area contributed by atoms with Crippen LogP contribution in [0.3, 0.4) is 0 Å². The van der Waals surface area contributed by atoms with E-state index in [2.05, 4.69) is 49.7 Å². The van der Waals surface area contributed by atoms with Crippen molar-refractivity contribution in [1.29, 1.82) is 0 Å². The van der Waals surface area contributed by atoms with Crippen LogP contribution in [0.15, 0.2) is 4.52 Å². The van der Waals surface area contributed by atoms with Gasteiger partial charge in [-0.25, -0.2) is 0 Å². The van der Waals surface area contributed by atoms with Crippen LogP contribution in [0, 0.1) is 5.41 Å². The summed E-state index contributed by atoms with van der Waals surface area (Å²) in [6, 6.07) is 0.102. The predicted molar refractivity (Wildman–Crippen MR) is 77.4 cm³/mol. The average Bonchev–Trinajstić information content (AvgIpc) is 2.87. The van der Waals surface area contributed by atoms with E-state index < -0.39 is 0 Å². The highest BCUT2D eigenvalue weighted by Crippen LogP contribution is 2.33. The standard InChI is InChI=1S/C15H27N3O2/c1-11(12-16-13(17-20-12)14(2,3)4)18-8-6-7-15(5,9-18)10-19/h11,19H,6-10H2,1-5H3. The van der Waals surface area contributed by atoms with Gasteiger partial charge in [0.05, 0.1) is 6.04 Å². The summed E-state index contributed by atoms with van der Waals surface area (Å²) >= 11 is 0. The molecule has 1 aromatic heterocycles. The zero-order chi connectivity index (χ0) is 15.0. The molecule has 5 nitrogen and oxygen atoms in total. The van der Waals surface area contributed by atoms with Crippen molar-refractivity contribution >= 4 is 0 Å². The third-order valence-electron chi connectivity index (χ3n) is 4.21. The van der Waals surface area contributed by atoms with Crippen molar-refractivity contribution in [3.8, 4) is 0 Å². The fourth-order valence-corrected chi connectivity index (χ4v) is 2.68. The van der Waals surface area contributed by atoms with Gasteiger partial charge in [-0.05, 0) is 26.3 Å². The Hall–Kier alpha value is -0.940. The topological polar surface area (TPSA) is 62.4 Å². The maximum atomic E-state index is 9.55. The summed E-state index contributed by atoms with van der Waals surface area (Å²) in [5, 5.41) is 13.7. The molecule has 1 aromatic rings. The molecule has 1 aliphatic rings. The van der Waals surface area contributed by atoms with Crippen LogP contribution in [0.4, 0.5) is 0 Å². The maximum Gasteiger partial charge on any atom is 0.243 e. The van der Waals surface area contributed by atoms with Crippen LogP contribution in [0.2, 0.25) is 0 Å². The molecule has 20 heavy (non-hydrogen) atoms. The summed E-state index contributed by atoms with van der Waals surface area (Å²) in [7, 11) is 0. The second-order valence-electron chi connectivity index (χ2n) is 7.42. The van der Waals surface area contributed by atoms with E-state index in [0.717, 1.165) is 31.8 Å². The molecular formula is C15H27N3O2. The Morgan fingerprint density at radius 2 is 2.15 bits per heavy atom. The van der Waals surface area contributed by atoms with E-state index in [0.29, 0.717) is 5.89 Å². The molecule has 0 spiro atoms. The normalized spacial score (nSPS) is 26.7. The lowest BCUT2D eigenvalue weighted by Crippen LogP contribution is -2.44. The molecule has 114 valence electrons. The van der Waals surface area contributed by atoms with Crippen LogP contribution >= 0.6 is 0 Å². The van der Waals surface area contributed by atoms with Gasteiger partial charge in [0.15, 0.2) is 5.82 Å². The zero-order valence-electron chi connectivity index (χ0n) is 13.3. The first-order valence-corrected chi connectivity index (χ1v) is 7.44. The van der Waals surface area contributed by atoms with Gasteiger partial charge in [0.1, 0.15) is 0 Å². The lowest BCUT2D eigenvalue weighted by molar-refractivity contribution is 0.0211. The lowest BCUT2D eigenvalue weighted by Gasteiger charge is -2.41. The fraction of sp³-hybridized carbons (Fsp3) is 0.867. The summed E-state index contributed by atoms with van der Waals surface area (Å²) in [5.74, 6) is 1.43. The number of rotatable bonds is 3. The minimum absolute atomic E-state index is 0.0145. The molecule has 1 saturated heterocycles. The number of aliphatic hydroxyl groups is 1. The SMILES string of the molecule is CC(c1nc(C(C)(C)C)no1)N1CCCC(C)(CO)C1. The molecule has 0 saturated carbocycles. The van der Waals surface area contributed by atoms with Crippen LogP contribution in [0.5, 0.6) is 0 Å². The molecule has 1 fully saturated rings. The van der Waals surface area contributed by atoms with Crippen molar-refractivity contribution in [2.45, 2.75) is 58.9 Å². The van der Waals surface area contributed by atoms with Crippen LogP contribution < -0.4 is 0 Å².